The fraction of sp³-hybridized carbons (Fsp3) is 0.654. The first kappa shape index (κ1) is 17.3. The monoisotopic (exact) mass is 374 g/mol. The number of aromatic nitrogens is 2. The van der Waals surface area contributed by atoms with Gasteiger partial charge in [-0.1, -0.05) is 51.0 Å². The van der Waals surface area contributed by atoms with Crippen molar-refractivity contribution in [2.45, 2.75) is 71.6 Å². The lowest BCUT2D eigenvalue weighted by molar-refractivity contribution is -0.0954. The second kappa shape index (κ2) is 5.97. The topological polar surface area (TPSA) is 28.7 Å². The first-order chi connectivity index (χ1) is 13.6. The molecule has 4 aliphatic carbocycles. The molecule has 6 rings (SSSR count). The SMILES string of the molecule is C[C@]12CCCCC1CC[C@@H]1[C@@H]2CC[C@]2(C)C(c3n[nH]c4ccccc34)=CC[C@@H]12. The van der Waals surface area contributed by atoms with Crippen LogP contribution in [0.4, 0.5) is 0 Å². The third-order valence-electron chi connectivity index (χ3n) is 9.89. The molecule has 2 aromatic rings. The minimum Gasteiger partial charge on any atom is -0.277 e. The van der Waals surface area contributed by atoms with Crippen molar-refractivity contribution in [2.75, 3.05) is 0 Å². The van der Waals surface area contributed by atoms with E-state index >= 15 is 0 Å². The number of nitrogens with one attached hydrogen (secondary N) is 1. The number of para-hydroxylation sites is 1. The standard InChI is InChI=1S/C26H34N2/c1-25-15-6-5-7-17(25)10-11-18-20-12-13-22(26(20,2)16-14-21(18)25)24-19-8-3-4-9-23(19)27-28-24/h3-4,8-9,13,17-18,20-21H,5-7,10-12,14-16H2,1-2H3,(H,27,28)/t17?,18-,20-,21-,25-,26-/m0/s1. The number of rotatable bonds is 1. The molecule has 1 heterocycles. The van der Waals surface area contributed by atoms with Crippen molar-refractivity contribution in [1.29, 1.82) is 0 Å². The molecule has 6 atom stereocenters. The Morgan fingerprint density at radius 1 is 0.964 bits per heavy atom. The largest absolute Gasteiger partial charge is 0.277 e. The van der Waals surface area contributed by atoms with Gasteiger partial charge >= 0.3 is 0 Å². The minimum absolute atomic E-state index is 0.316. The highest BCUT2D eigenvalue weighted by Crippen LogP contribution is 2.67. The first-order valence-electron chi connectivity index (χ1n) is 11.8. The Hall–Kier alpha value is -1.57. The van der Waals surface area contributed by atoms with E-state index in [1.165, 1.54) is 74.4 Å². The predicted molar refractivity (Wildman–Crippen MR) is 116 cm³/mol. The van der Waals surface area contributed by atoms with Gasteiger partial charge in [0.1, 0.15) is 0 Å². The van der Waals surface area contributed by atoms with Gasteiger partial charge in [0.15, 0.2) is 0 Å². The quantitative estimate of drug-likeness (QED) is 0.572. The molecular weight excluding hydrogens is 340 g/mol. The first-order valence-corrected chi connectivity index (χ1v) is 11.8. The average Bonchev–Trinajstić information content (AvgIpc) is 3.28. The lowest BCUT2D eigenvalue weighted by atomic mass is 9.45. The van der Waals surface area contributed by atoms with E-state index in [0.717, 1.165) is 23.7 Å². The van der Waals surface area contributed by atoms with Gasteiger partial charge in [0.25, 0.3) is 0 Å². The molecule has 2 heteroatoms. The summed E-state index contributed by atoms with van der Waals surface area (Å²) in [4.78, 5) is 0. The van der Waals surface area contributed by atoms with Crippen LogP contribution in [0.2, 0.25) is 0 Å². The molecule has 28 heavy (non-hydrogen) atoms. The molecule has 3 fully saturated rings. The third kappa shape index (κ3) is 2.18. The van der Waals surface area contributed by atoms with Gasteiger partial charge in [0.2, 0.25) is 0 Å². The van der Waals surface area contributed by atoms with Crippen molar-refractivity contribution in [1.82, 2.24) is 10.2 Å². The number of allylic oxidation sites excluding steroid dienone is 2. The fourth-order valence-electron chi connectivity index (χ4n) is 8.40. The lowest BCUT2D eigenvalue weighted by Crippen LogP contribution is -2.52. The minimum atomic E-state index is 0.316. The molecule has 4 aliphatic rings. The van der Waals surface area contributed by atoms with Gasteiger partial charge in [-0.25, -0.2) is 0 Å². The van der Waals surface area contributed by atoms with Crippen LogP contribution in [-0.2, 0) is 0 Å². The Balaban J connectivity index is 1.36. The summed E-state index contributed by atoms with van der Waals surface area (Å²) in [5.41, 5.74) is 4.90. The van der Waals surface area contributed by atoms with E-state index in [1.807, 2.05) is 0 Å². The van der Waals surface area contributed by atoms with Crippen LogP contribution in [-0.4, -0.2) is 10.2 Å². The number of H-pyrrole nitrogens is 1. The zero-order chi connectivity index (χ0) is 18.9. The number of aromatic amines is 1. The van der Waals surface area contributed by atoms with Gasteiger partial charge in [-0.05, 0) is 91.1 Å². The molecule has 148 valence electrons. The summed E-state index contributed by atoms with van der Waals surface area (Å²) in [6, 6.07) is 8.65. The normalized spacial score (nSPS) is 42.6. The molecule has 1 aromatic carbocycles. The predicted octanol–water partition coefficient (Wildman–Crippen LogP) is 6.99. The van der Waals surface area contributed by atoms with E-state index < -0.39 is 0 Å². The van der Waals surface area contributed by atoms with Crippen molar-refractivity contribution >= 4 is 16.5 Å². The molecule has 3 saturated carbocycles. The molecule has 1 unspecified atom stereocenters. The molecular formula is C26H34N2. The summed E-state index contributed by atoms with van der Waals surface area (Å²) >= 11 is 0. The average molecular weight is 375 g/mol. The van der Waals surface area contributed by atoms with Crippen molar-refractivity contribution in [3.8, 4) is 0 Å². The molecule has 0 aliphatic heterocycles. The summed E-state index contributed by atoms with van der Waals surface area (Å²) < 4.78 is 0. The summed E-state index contributed by atoms with van der Waals surface area (Å²) in [5.74, 6) is 3.73. The highest BCUT2D eigenvalue weighted by atomic mass is 15.1. The van der Waals surface area contributed by atoms with Crippen LogP contribution in [0.25, 0.3) is 16.5 Å². The Labute approximate surface area is 169 Å². The maximum atomic E-state index is 4.80. The van der Waals surface area contributed by atoms with Crippen LogP contribution in [0.3, 0.4) is 0 Å². The van der Waals surface area contributed by atoms with Crippen LogP contribution in [0.15, 0.2) is 30.3 Å². The van der Waals surface area contributed by atoms with Gasteiger partial charge in [-0.15, -0.1) is 0 Å². The Morgan fingerprint density at radius 2 is 1.86 bits per heavy atom. The van der Waals surface area contributed by atoms with Crippen molar-refractivity contribution < 1.29 is 0 Å². The number of nitrogens with zero attached hydrogens (tertiary/aromatic N) is 1. The van der Waals surface area contributed by atoms with Gasteiger partial charge in [-0.2, -0.15) is 5.10 Å². The molecule has 0 amide bonds. The van der Waals surface area contributed by atoms with Gasteiger partial charge in [-0.3, -0.25) is 5.10 Å². The number of hydrogen-bond acceptors (Lipinski definition) is 1. The van der Waals surface area contributed by atoms with Crippen molar-refractivity contribution in [3.63, 3.8) is 0 Å². The fourth-order valence-corrected chi connectivity index (χ4v) is 8.40. The molecule has 0 bridgehead atoms. The summed E-state index contributed by atoms with van der Waals surface area (Å²) in [6.07, 6.45) is 15.6. The highest BCUT2D eigenvalue weighted by Gasteiger charge is 2.58. The molecule has 0 spiro atoms. The van der Waals surface area contributed by atoms with Crippen LogP contribution in [0, 0.1) is 34.5 Å². The maximum Gasteiger partial charge on any atom is 0.0961 e. The van der Waals surface area contributed by atoms with Gasteiger partial charge in [0, 0.05) is 5.39 Å². The van der Waals surface area contributed by atoms with E-state index in [4.69, 9.17) is 5.10 Å². The summed E-state index contributed by atoms with van der Waals surface area (Å²) in [7, 11) is 0. The Morgan fingerprint density at radius 3 is 2.79 bits per heavy atom. The zero-order valence-corrected chi connectivity index (χ0v) is 17.5. The van der Waals surface area contributed by atoms with Crippen LogP contribution in [0.5, 0.6) is 0 Å². The molecule has 2 nitrogen and oxygen atoms in total. The van der Waals surface area contributed by atoms with Crippen molar-refractivity contribution in [2.24, 2.45) is 34.5 Å². The van der Waals surface area contributed by atoms with Crippen LogP contribution < -0.4 is 0 Å². The van der Waals surface area contributed by atoms with Crippen LogP contribution in [0.1, 0.15) is 77.3 Å². The van der Waals surface area contributed by atoms with E-state index in [0.29, 0.717) is 10.8 Å². The van der Waals surface area contributed by atoms with E-state index in [-0.39, 0.29) is 0 Å². The second-order valence-electron chi connectivity index (χ2n) is 10.8. The molecule has 1 aromatic heterocycles. The number of fused-ring (bicyclic) bond motifs is 6. The summed E-state index contributed by atoms with van der Waals surface area (Å²) in [6.45, 7) is 5.26. The molecule has 0 radical (unpaired) electrons. The maximum absolute atomic E-state index is 4.80. The third-order valence-corrected chi connectivity index (χ3v) is 9.89. The van der Waals surface area contributed by atoms with E-state index in [1.54, 1.807) is 5.57 Å². The second-order valence-corrected chi connectivity index (χ2v) is 10.8. The highest BCUT2D eigenvalue weighted by molar-refractivity contribution is 5.92. The zero-order valence-electron chi connectivity index (χ0n) is 17.5. The number of hydrogen-bond donors (Lipinski definition) is 1. The van der Waals surface area contributed by atoms with Gasteiger partial charge < -0.3 is 0 Å². The molecule has 1 N–H and O–H groups in total. The molecule has 0 saturated heterocycles. The van der Waals surface area contributed by atoms with E-state index in [2.05, 4.69) is 49.3 Å². The lowest BCUT2D eigenvalue weighted by Gasteiger charge is -2.60. The van der Waals surface area contributed by atoms with Gasteiger partial charge in [0.05, 0.1) is 11.2 Å². The van der Waals surface area contributed by atoms with E-state index in [9.17, 15) is 0 Å². The summed E-state index contributed by atoms with van der Waals surface area (Å²) in [5, 5.41) is 9.40. The number of benzene rings is 1. The van der Waals surface area contributed by atoms with Crippen LogP contribution >= 0.6 is 0 Å². The smallest absolute Gasteiger partial charge is 0.0961 e. The Kier molecular flexibility index (Phi) is 3.69. The Bertz CT molecular complexity index is 939. The van der Waals surface area contributed by atoms with Crippen molar-refractivity contribution in [3.05, 3.63) is 36.0 Å².